The predicted molar refractivity (Wildman–Crippen MR) is 94.3 cm³/mol. The maximum absolute atomic E-state index is 6.30. The van der Waals surface area contributed by atoms with Gasteiger partial charge in [-0.3, -0.25) is 0 Å². The summed E-state index contributed by atoms with van der Waals surface area (Å²) >= 11 is 0. The van der Waals surface area contributed by atoms with Gasteiger partial charge in [-0.05, 0) is 50.6 Å². The molecule has 1 rings (SSSR count). The summed E-state index contributed by atoms with van der Waals surface area (Å²) in [5.41, 5.74) is 0. The highest BCUT2D eigenvalue weighted by Gasteiger charge is 2.37. The van der Waals surface area contributed by atoms with Gasteiger partial charge in [0.25, 0.3) is 0 Å². The highest BCUT2D eigenvalue weighted by atomic mass is 28.4. The minimum Gasteiger partial charge on any atom is -0.545 e. The van der Waals surface area contributed by atoms with Crippen molar-refractivity contribution in [2.24, 2.45) is 5.92 Å². The van der Waals surface area contributed by atoms with Crippen LogP contribution in [-0.2, 0) is 13.6 Å². The van der Waals surface area contributed by atoms with Gasteiger partial charge in [-0.25, -0.2) is 0 Å². The topological polar surface area (TPSA) is 27.7 Å². The first kappa shape index (κ1) is 18.8. The molecule has 0 N–H and O–H groups in total. The van der Waals surface area contributed by atoms with E-state index in [0.717, 1.165) is 31.8 Å². The molecule has 21 heavy (non-hydrogen) atoms. The van der Waals surface area contributed by atoms with Gasteiger partial charge in [0.15, 0.2) is 8.32 Å². The fourth-order valence-corrected chi connectivity index (χ4v) is 3.99. The van der Waals surface area contributed by atoms with Crippen LogP contribution in [0.5, 0.6) is 0 Å². The van der Waals surface area contributed by atoms with Crippen LogP contribution in [-0.4, -0.2) is 29.8 Å². The Morgan fingerprint density at radius 2 is 1.81 bits per heavy atom. The zero-order chi connectivity index (χ0) is 16.3. The number of hydrogen-bond donors (Lipinski definition) is 0. The van der Waals surface area contributed by atoms with Crippen molar-refractivity contribution in [1.29, 1.82) is 0 Å². The van der Waals surface area contributed by atoms with Crippen LogP contribution in [0, 0.1) is 5.92 Å². The van der Waals surface area contributed by atoms with Crippen LogP contribution in [0.25, 0.3) is 0 Å². The summed E-state index contributed by atoms with van der Waals surface area (Å²) < 4.78 is 17.9. The fourth-order valence-electron chi connectivity index (χ4n) is 2.01. The molecule has 1 aliphatic rings. The van der Waals surface area contributed by atoms with Crippen LogP contribution < -0.4 is 0 Å². The van der Waals surface area contributed by atoms with Gasteiger partial charge in [0, 0.05) is 12.5 Å². The van der Waals surface area contributed by atoms with E-state index in [4.69, 9.17) is 13.6 Å². The molecule has 1 heterocycles. The van der Waals surface area contributed by atoms with E-state index in [1.807, 2.05) is 6.26 Å². The third kappa shape index (κ3) is 6.16. The molecule has 0 aromatic carbocycles. The van der Waals surface area contributed by atoms with Crippen LogP contribution in [0.15, 0.2) is 12.0 Å². The SMILES string of the molecule is CC(C)(C)[Si](C)(C)OCCC1CCOC=C1O[Si](C)(C)C. The van der Waals surface area contributed by atoms with Crippen LogP contribution in [0.2, 0.25) is 37.8 Å². The minimum atomic E-state index is -1.64. The molecule has 0 aromatic rings. The summed E-state index contributed by atoms with van der Waals surface area (Å²) in [6.07, 6.45) is 3.90. The largest absolute Gasteiger partial charge is 0.545 e. The molecular formula is C16H34O3Si2. The van der Waals surface area contributed by atoms with Gasteiger partial charge in [-0.1, -0.05) is 20.8 Å². The Bertz CT molecular complexity index is 365. The lowest BCUT2D eigenvalue weighted by Crippen LogP contribution is -2.41. The lowest BCUT2D eigenvalue weighted by Gasteiger charge is -2.37. The Hall–Kier alpha value is -0.266. The van der Waals surface area contributed by atoms with E-state index >= 15 is 0 Å². The Kier molecular flexibility index (Phi) is 6.15. The summed E-state index contributed by atoms with van der Waals surface area (Å²) in [4.78, 5) is 0. The molecule has 0 amide bonds. The first-order valence-corrected chi connectivity index (χ1v) is 14.4. The zero-order valence-corrected chi connectivity index (χ0v) is 17.2. The van der Waals surface area contributed by atoms with Crippen molar-refractivity contribution in [2.45, 2.75) is 71.4 Å². The number of rotatable bonds is 6. The molecule has 0 saturated carbocycles. The van der Waals surface area contributed by atoms with Crippen molar-refractivity contribution in [3.05, 3.63) is 12.0 Å². The molecule has 1 aliphatic heterocycles. The maximum Gasteiger partial charge on any atom is 0.241 e. The Labute approximate surface area is 133 Å². The number of hydrogen-bond acceptors (Lipinski definition) is 3. The average molecular weight is 331 g/mol. The third-order valence-electron chi connectivity index (χ3n) is 4.35. The van der Waals surface area contributed by atoms with Gasteiger partial charge < -0.3 is 13.6 Å². The Balaban J connectivity index is 2.54. The van der Waals surface area contributed by atoms with Gasteiger partial charge in [-0.15, -0.1) is 0 Å². The molecule has 0 saturated heterocycles. The molecule has 1 unspecified atom stereocenters. The summed E-state index contributed by atoms with van der Waals surface area (Å²) in [5.74, 6) is 1.49. The average Bonchev–Trinajstić information content (AvgIpc) is 2.27. The second kappa shape index (κ2) is 6.88. The molecular weight excluding hydrogens is 296 g/mol. The predicted octanol–water partition coefficient (Wildman–Crippen LogP) is 5.13. The van der Waals surface area contributed by atoms with E-state index in [2.05, 4.69) is 53.5 Å². The van der Waals surface area contributed by atoms with Crippen LogP contribution in [0.3, 0.4) is 0 Å². The van der Waals surface area contributed by atoms with Gasteiger partial charge in [-0.2, -0.15) is 0 Å². The van der Waals surface area contributed by atoms with E-state index in [9.17, 15) is 0 Å². The van der Waals surface area contributed by atoms with Crippen LogP contribution in [0.4, 0.5) is 0 Å². The second-order valence-corrected chi connectivity index (χ2v) is 17.7. The molecule has 0 aromatic heterocycles. The maximum atomic E-state index is 6.30. The van der Waals surface area contributed by atoms with Gasteiger partial charge >= 0.3 is 0 Å². The Morgan fingerprint density at radius 3 is 2.33 bits per heavy atom. The molecule has 0 spiro atoms. The van der Waals surface area contributed by atoms with Crippen molar-refractivity contribution in [1.82, 2.24) is 0 Å². The monoisotopic (exact) mass is 330 g/mol. The molecule has 1 atom stereocenters. The van der Waals surface area contributed by atoms with Crippen molar-refractivity contribution in [3.63, 3.8) is 0 Å². The normalized spacial score (nSPS) is 20.8. The lowest BCUT2D eigenvalue weighted by atomic mass is 9.99. The first-order chi connectivity index (χ1) is 9.42. The van der Waals surface area contributed by atoms with E-state index in [-0.39, 0.29) is 5.04 Å². The molecule has 0 bridgehead atoms. The Morgan fingerprint density at radius 1 is 1.19 bits per heavy atom. The lowest BCUT2D eigenvalue weighted by molar-refractivity contribution is 0.143. The van der Waals surface area contributed by atoms with E-state index in [1.165, 1.54) is 0 Å². The van der Waals surface area contributed by atoms with E-state index in [0.29, 0.717) is 5.92 Å². The molecule has 0 aliphatic carbocycles. The highest BCUT2D eigenvalue weighted by molar-refractivity contribution is 6.74. The molecule has 124 valence electrons. The number of ether oxygens (including phenoxy) is 1. The van der Waals surface area contributed by atoms with Crippen LogP contribution >= 0.6 is 0 Å². The first-order valence-electron chi connectivity index (χ1n) is 8.07. The van der Waals surface area contributed by atoms with Crippen molar-refractivity contribution in [3.8, 4) is 0 Å². The minimum absolute atomic E-state index is 0.274. The standard InChI is InChI=1S/C16H34O3Si2/c1-16(2,3)21(7,8)18-12-10-14-9-11-17-13-15(14)19-20(4,5)6/h13-14H,9-12H2,1-8H3. The van der Waals surface area contributed by atoms with Crippen molar-refractivity contribution < 1.29 is 13.6 Å². The summed E-state index contributed by atoms with van der Waals surface area (Å²) in [7, 11) is -3.21. The van der Waals surface area contributed by atoms with Crippen molar-refractivity contribution in [2.75, 3.05) is 13.2 Å². The molecule has 0 radical (unpaired) electrons. The third-order valence-corrected chi connectivity index (χ3v) is 9.73. The fraction of sp³-hybridized carbons (Fsp3) is 0.875. The molecule has 0 fully saturated rings. The van der Waals surface area contributed by atoms with Crippen molar-refractivity contribution >= 4 is 16.6 Å². The van der Waals surface area contributed by atoms with E-state index < -0.39 is 16.6 Å². The summed E-state index contributed by atoms with van der Waals surface area (Å²) in [6, 6.07) is 0. The second-order valence-electron chi connectivity index (χ2n) is 8.49. The van der Waals surface area contributed by atoms with Crippen LogP contribution in [0.1, 0.15) is 33.6 Å². The van der Waals surface area contributed by atoms with E-state index in [1.54, 1.807) is 0 Å². The number of allylic oxidation sites excluding steroid dienone is 1. The smallest absolute Gasteiger partial charge is 0.241 e. The summed E-state index contributed by atoms with van der Waals surface area (Å²) in [5, 5.41) is 0.274. The van der Waals surface area contributed by atoms with Gasteiger partial charge in [0.05, 0.1) is 6.61 Å². The molecule has 3 nitrogen and oxygen atoms in total. The van der Waals surface area contributed by atoms with Gasteiger partial charge in [0.2, 0.25) is 8.32 Å². The quantitative estimate of drug-likeness (QED) is 0.632. The zero-order valence-electron chi connectivity index (χ0n) is 15.2. The van der Waals surface area contributed by atoms with Gasteiger partial charge in [0.1, 0.15) is 12.0 Å². The highest BCUT2D eigenvalue weighted by Crippen LogP contribution is 2.37. The summed E-state index contributed by atoms with van der Waals surface area (Å²) in [6.45, 7) is 19.7. The molecule has 5 heteroatoms.